The molecular formula is C14H21NO2S. The van der Waals surface area contributed by atoms with Crippen LogP contribution in [-0.4, -0.2) is 29.4 Å². The molecule has 0 radical (unpaired) electrons. The molecule has 4 heteroatoms. The largest absolute Gasteiger partial charge is 0.497 e. The van der Waals surface area contributed by atoms with Crippen LogP contribution in [0.15, 0.2) is 18.2 Å². The van der Waals surface area contributed by atoms with Gasteiger partial charge in [0.15, 0.2) is 0 Å². The van der Waals surface area contributed by atoms with E-state index in [1.807, 2.05) is 6.07 Å². The summed E-state index contributed by atoms with van der Waals surface area (Å²) in [4.78, 5) is 0. The highest BCUT2D eigenvalue weighted by molar-refractivity contribution is 7.85. The van der Waals surface area contributed by atoms with Gasteiger partial charge in [0.25, 0.3) is 0 Å². The Morgan fingerprint density at radius 2 is 2.28 bits per heavy atom. The number of benzene rings is 1. The number of rotatable bonds is 5. The van der Waals surface area contributed by atoms with Gasteiger partial charge in [0.2, 0.25) is 0 Å². The lowest BCUT2D eigenvalue weighted by atomic mass is 10.1. The molecule has 0 fully saturated rings. The predicted molar refractivity (Wildman–Crippen MR) is 75.6 cm³/mol. The molecule has 3 unspecified atom stereocenters. The molecule has 0 spiro atoms. The molecule has 100 valence electrons. The zero-order chi connectivity index (χ0) is 13.1. The molecule has 3 atom stereocenters. The molecule has 2 rings (SSSR count). The van der Waals surface area contributed by atoms with Gasteiger partial charge in [0.05, 0.1) is 12.4 Å². The van der Waals surface area contributed by atoms with E-state index in [2.05, 4.69) is 24.4 Å². The number of ether oxygens (including phenoxy) is 1. The summed E-state index contributed by atoms with van der Waals surface area (Å²) in [7, 11) is 0.869. The van der Waals surface area contributed by atoms with Crippen LogP contribution in [0.25, 0.3) is 0 Å². The minimum atomic E-state index is -0.813. The first-order chi connectivity index (χ1) is 8.67. The van der Waals surface area contributed by atoms with Gasteiger partial charge < -0.3 is 10.1 Å². The summed E-state index contributed by atoms with van der Waals surface area (Å²) < 4.78 is 17.2. The number of fused-ring (bicyclic) bond motifs is 1. The van der Waals surface area contributed by atoms with Crippen molar-refractivity contribution in [3.63, 3.8) is 0 Å². The molecular weight excluding hydrogens is 246 g/mol. The normalized spacial score (nSPS) is 23.7. The predicted octanol–water partition coefficient (Wildman–Crippen LogP) is 2.04. The first kappa shape index (κ1) is 13.6. The van der Waals surface area contributed by atoms with Crippen molar-refractivity contribution in [2.24, 2.45) is 0 Å². The molecule has 0 aliphatic heterocycles. The maximum atomic E-state index is 11.9. The summed E-state index contributed by atoms with van der Waals surface area (Å²) in [5.74, 6) is 0.875. The molecule has 0 saturated heterocycles. The molecule has 0 heterocycles. The highest BCUT2D eigenvalue weighted by Crippen LogP contribution is 2.36. The smallest absolute Gasteiger partial charge is 0.119 e. The maximum absolute atomic E-state index is 11.9. The maximum Gasteiger partial charge on any atom is 0.119 e. The van der Waals surface area contributed by atoms with E-state index in [-0.39, 0.29) is 11.3 Å². The van der Waals surface area contributed by atoms with Gasteiger partial charge >= 0.3 is 0 Å². The molecule has 1 aromatic rings. The third-order valence-corrected chi connectivity index (χ3v) is 4.81. The Morgan fingerprint density at radius 3 is 2.89 bits per heavy atom. The van der Waals surface area contributed by atoms with Crippen molar-refractivity contribution >= 4 is 10.8 Å². The SMILES string of the molecule is CCCNC1c2cc(OC)ccc2CC1S(C)=O. The van der Waals surface area contributed by atoms with Crippen LogP contribution in [0, 0.1) is 0 Å². The van der Waals surface area contributed by atoms with Crippen molar-refractivity contribution in [3.05, 3.63) is 29.3 Å². The lowest BCUT2D eigenvalue weighted by Crippen LogP contribution is -2.32. The van der Waals surface area contributed by atoms with Gasteiger partial charge in [-0.05, 0) is 42.6 Å². The molecule has 1 aromatic carbocycles. The average molecular weight is 267 g/mol. The molecule has 0 aromatic heterocycles. The molecule has 1 aliphatic carbocycles. The molecule has 0 bridgehead atoms. The molecule has 3 nitrogen and oxygen atoms in total. The van der Waals surface area contributed by atoms with Gasteiger partial charge in [-0.15, -0.1) is 0 Å². The van der Waals surface area contributed by atoms with Crippen molar-refractivity contribution in [2.45, 2.75) is 31.1 Å². The van der Waals surface area contributed by atoms with Gasteiger partial charge in [-0.2, -0.15) is 0 Å². The van der Waals surface area contributed by atoms with E-state index in [1.165, 1.54) is 11.1 Å². The van der Waals surface area contributed by atoms with Gasteiger partial charge in [-0.3, -0.25) is 4.21 Å². The fourth-order valence-electron chi connectivity index (χ4n) is 2.56. The van der Waals surface area contributed by atoms with E-state index < -0.39 is 10.8 Å². The monoisotopic (exact) mass is 267 g/mol. The minimum Gasteiger partial charge on any atom is -0.497 e. The number of hydrogen-bond acceptors (Lipinski definition) is 3. The van der Waals surface area contributed by atoms with Crippen LogP contribution in [0.5, 0.6) is 5.75 Å². The van der Waals surface area contributed by atoms with Crippen LogP contribution in [0.2, 0.25) is 0 Å². The number of methoxy groups -OCH3 is 1. The van der Waals surface area contributed by atoms with E-state index in [0.29, 0.717) is 0 Å². The van der Waals surface area contributed by atoms with Gasteiger partial charge in [-0.25, -0.2) is 0 Å². The van der Waals surface area contributed by atoms with Crippen LogP contribution in [0.4, 0.5) is 0 Å². The van der Waals surface area contributed by atoms with E-state index in [1.54, 1.807) is 13.4 Å². The van der Waals surface area contributed by atoms with Crippen molar-refractivity contribution in [1.29, 1.82) is 0 Å². The Bertz CT molecular complexity index is 447. The van der Waals surface area contributed by atoms with E-state index >= 15 is 0 Å². The highest BCUT2D eigenvalue weighted by Gasteiger charge is 2.34. The Hall–Kier alpha value is -0.870. The zero-order valence-corrected chi connectivity index (χ0v) is 12.0. The van der Waals surface area contributed by atoms with Crippen molar-refractivity contribution in [3.8, 4) is 5.75 Å². The fourth-order valence-corrected chi connectivity index (χ4v) is 3.60. The second kappa shape index (κ2) is 5.85. The third-order valence-electron chi connectivity index (χ3n) is 3.52. The lowest BCUT2D eigenvalue weighted by molar-refractivity contribution is 0.413. The van der Waals surface area contributed by atoms with Crippen LogP contribution >= 0.6 is 0 Å². The topological polar surface area (TPSA) is 38.3 Å². The first-order valence-corrected chi connectivity index (χ1v) is 8.02. The molecule has 1 aliphatic rings. The Kier molecular flexibility index (Phi) is 4.40. The third kappa shape index (κ3) is 2.59. The molecule has 0 amide bonds. The van der Waals surface area contributed by atoms with E-state index in [4.69, 9.17) is 4.74 Å². The Labute approximate surface area is 111 Å². The second-order valence-electron chi connectivity index (χ2n) is 4.74. The highest BCUT2D eigenvalue weighted by atomic mass is 32.2. The Balaban J connectivity index is 2.30. The molecule has 1 N–H and O–H groups in total. The molecule has 18 heavy (non-hydrogen) atoms. The van der Waals surface area contributed by atoms with Gasteiger partial charge in [0, 0.05) is 23.1 Å². The average Bonchev–Trinajstić information content (AvgIpc) is 2.74. The fraction of sp³-hybridized carbons (Fsp3) is 0.571. The van der Waals surface area contributed by atoms with Gasteiger partial charge in [0.1, 0.15) is 5.75 Å². The lowest BCUT2D eigenvalue weighted by Gasteiger charge is -2.20. The summed E-state index contributed by atoms with van der Waals surface area (Å²) in [6.45, 7) is 3.10. The quantitative estimate of drug-likeness (QED) is 0.887. The Morgan fingerprint density at radius 1 is 1.50 bits per heavy atom. The van der Waals surface area contributed by atoms with Gasteiger partial charge in [-0.1, -0.05) is 13.0 Å². The summed E-state index contributed by atoms with van der Waals surface area (Å²) in [5.41, 5.74) is 2.55. The summed E-state index contributed by atoms with van der Waals surface area (Å²) in [6.07, 6.45) is 3.77. The van der Waals surface area contributed by atoms with Crippen LogP contribution in [0.3, 0.4) is 0 Å². The van der Waals surface area contributed by atoms with Crippen LogP contribution in [-0.2, 0) is 17.2 Å². The zero-order valence-electron chi connectivity index (χ0n) is 11.2. The van der Waals surface area contributed by atoms with E-state index in [9.17, 15) is 4.21 Å². The van der Waals surface area contributed by atoms with Crippen molar-refractivity contribution in [1.82, 2.24) is 5.32 Å². The number of hydrogen-bond donors (Lipinski definition) is 1. The first-order valence-electron chi connectivity index (χ1n) is 6.39. The summed E-state index contributed by atoms with van der Waals surface area (Å²) in [6, 6.07) is 6.36. The van der Waals surface area contributed by atoms with Crippen LogP contribution in [0.1, 0.15) is 30.5 Å². The second-order valence-corrected chi connectivity index (χ2v) is 6.34. The standard InChI is InChI=1S/C14H21NO2S/c1-4-7-15-14-12-9-11(17-2)6-5-10(12)8-13(14)18(3)16/h5-6,9,13-15H,4,7-8H2,1-3H3. The van der Waals surface area contributed by atoms with E-state index in [0.717, 1.165) is 25.1 Å². The molecule has 0 saturated carbocycles. The van der Waals surface area contributed by atoms with Crippen LogP contribution < -0.4 is 10.1 Å². The van der Waals surface area contributed by atoms with Crippen molar-refractivity contribution in [2.75, 3.05) is 19.9 Å². The summed E-state index contributed by atoms with van der Waals surface area (Å²) in [5, 5.41) is 3.70. The number of nitrogens with one attached hydrogen (secondary N) is 1. The van der Waals surface area contributed by atoms with Crippen molar-refractivity contribution < 1.29 is 8.95 Å². The summed E-state index contributed by atoms with van der Waals surface area (Å²) >= 11 is 0. The minimum absolute atomic E-state index is 0.179.